The molecule has 21 heavy (non-hydrogen) atoms. The second-order valence-corrected chi connectivity index (χ2v) is 5.50. The third-order valence-corrected chi connectivity index (χ3v) is 3.81. The van der Waals surface area contributed by atoms with Crippen molar-refractivity contribution in [3.05, 3.63) is 33.2 Å². The van der Waals surface area contributed by atoms with E-state index < -0.39 is 5.97 Å². The van der Waals surface area contributed by atoms with Crippen molar-refractivity contribution in [1.29, 1.82) is 0 Å². The molecule has 1 aliphatic heterocycles. The summed E-state index contributed by atoms with van der Waals surface area (Å²) < 4.78 is 6.79. The molecule has 1 aromatic heterocycles. The van der Waals surface area contributed by atoms with Crippen molar-refractivity contribution in [2.24, 2.45) is 0 Å². The maximum atomic E-state index is 12.5. The molecule has 0 fully saturated rings. The lowest BCUT2D eigenvalue weighted by Gasteiger charge is -2.28. The normalized spacial score (nSPS) is 15.0. The van der Waals surface area contributed by atoms with Gasteiger partial charge in [0.05, 0.1) is 6.42 Å². The van der Waals surface area contributed by atoms with Crippen LogP contribution in [0, 0.1) is 0 Å². The molecule has 0 spiro atoms. The maximum absolute atomic E-state index is 12.5. The number of carbonyl (C=O) groups is 1. The standard InChI is InChI=1S/C15H22N2O4/c1-16-6-4-13-12(10-16)8-11(9-14(18)19)15(20)17(13)5-3-7-21-2/h8H,3-7,9-10H2,1-2H3,(H,18,19). The second kappa shape index (κ2) is 6.87. The first-order chi connectivity index (χ1) is 10.0. The Balaban J connectivity index is 2.41. The molecular formula is C15H22N2O4. The van der Waals surface area contributed by atoms with Gasteiger partial charge >= 0.3 is 5.97 Å². The van der Waals surface area contributed by atoms with Crippen molar-refractivity contribution < 1.29 is 14.6 Å². The molecule has 0 aliphatic carbocycles. The zero-order chi connectivity index (χ0) is 15.4. The molecule has 1 N–H and O–H groups in total. The lowest BCUT2D eigenvalue weighted by Crippen LogP contribution is -2.36. The van der Waals surface area contributed by atoms with E-state index in [1.807, 2.05) is 7.05 Å². The van der Waals surface area contributed by atoms with Crippen LogP contribution in [0.3, 0.4) is 0 Å². The van der Waals surface area contributed by atoms with Crippen molar-refractivity contribution in [3.63, 3.8) is 0 Å². The van der Waals surface area contributed by atoms with Crippen LogP contribution < -0.4 is 5.56 Å². The zero-order valence-electron chi connectivity index (χ0n) is 12.6. The third-order valence-electron chi connectivity index (χ3n) is 3.81. The number of likely N-dealkylation sites (N-methyl/N-ethyl adjacent to an activating group) is 1. The van der Waals surface area contributed by atoms with Crippen LogP contribution >= 0.6 is 0 Å². The van der Waals surface area contributed by atoms with Crippen LogP contribution in [0.25, 0.3) is 0 Å². The zero-order valence-corrected chi connectivity index (χ0v) is 12.6. The summed E-state index contributed by atoms with van der Waals surface area (Å²) in [5.74, 6) is -0.973. The summed E-state index contributed by atoms with van der Waals surface area (Å²) in [4.78, 5) is 25.6. The highest BCUT2D eigenvalue weighted by atomic mass is 16.5. The Hall–Kier alpha value is -1.66. The molecule has 1 aliphatic rings. The number of hydrogen-bond acceptors (Lipinski definition) is 4. The number of fused-ring (bicyclic) bond motifs is 1. The summed E-state index contributed by atoms with van der Waals surface area (Å²) in [6.45, 7) is 2.83. The van der Waals surface area contributed by atoms with Gasteiger partial charge in [0.2, 0.25) is 0 Å². The van der Waals surface area contributed by atoms with Gasteiger partial charge in [-0.15, -0.1) is 0 Å². The second-order valence-electron chi connectivity index (χ2n) is 5.50. The van der Waals surface area contributed by atoms with Crippen LogP contribution in [0.1, 0.15) is 23.2 Å². The lowest BCUT2D eigenvalue weighted by molar-refractivity contribution is -0.136. The highest BCUT2D eigenvalue weighted by Crippen LogP contribution is 2.18. The van der Waals surface area contributed by atoms with Crippen molar-refractivity contribution in [1.82, 2.24) is 9.47 Å². The molecule has 1 aromatic rings. The SMILES string of the molecule is COCCCn1c2c(cc(CC(=O)O)c1=O)CN(C)CC2. The highest BCUT2D eigenvalue weighted by Gasteiger charge is 2.20. The Kier molecular flexibility index (Phi) is 5.14. The van der Waals surface area contributed by atoms with Crippen LogP contribution in [0.2, 0.25) is 0 Å². The number of methoxy groups -OCH3 is 1. The van der Waals surface area contributed by atoms with E-state index in [0.29, 0.717) is 18.7 Å². The van der Waals surface area contributed by atoms with Crippen molar-refractivity contribution in [3.8, 4) is 0 Å². The van der Waals surface area contributed by atoms with E-state index in [1.165, 1.54) is 0 Å². The molecular weight excluding hydrogens is 272 g/mol. The lowest BCUT2D eigenvalue weighted by atomic mass is 10.0. The van der Waals surface area contributed by atoms with Crippen molar-refractivity contribution in [2.45, 2.75) is 32.4 Å². The predicted octanol–water partition coefficient (Wildman–Crippen LogP) is 0.500. The molecule has 0 radical (unpaired) electrons. The number of rotatable bonds is 6. The Labute approximate surface area is 123 Å². The van der Waals surface area contributed by atoms with Gasteiger partial charge in [0, 0.05) is 51.0 Å². The number of hydrogen-bond donors (Lipinski definition) is 1. The fourth-order valence-corrected chi connectivity index (χ4v) is 2.82. The Bertz CT molecular complexity index is 580. The Morgan fingerprint density at radius 2 is 2.24 bits per heavy atom. The van der Waals surface area contributed by atoms with Gasteiger partial charge in [0.25, 0.3) is 5.56 Å². The quantitative estimate of drug-likeness (QED) is 0.774. The number of carboxylic acid groups (broad SMARTS) is 1. The molecule has 2 heterocycles. The molecule has 6 nitrogen and oxygen atoms in total. The molecule has 2 rings (SSSR count). The first-order valence-electron chi connectivity index (χ1n) is 7.16. The predicted molar refractivity (Wildman–Crippen MR) is 78.6 cm³/mol. The van der Waals surface area contributed by atoms with Crippen molar-refractivity contribution >= 4 is 5.97 Å². The number of carboxylic acids is 1. The van der Waals surface area contributed by atoms with Gasteiger partial charge in [-0.25, -0.2) is 0 Å². The van der Waals surface area contributed by atoms with E-state index in [4.69, 9.17) is 9.84 Å². The van der Waals surface area contributed by atoms with Gasteiger partial charge in [-0.2, -0.15) is 0 Å². The number of aliphatic carboxylic acids is 1. The van der Waals surface area contributed by atoms with Gasteiger partial charge in [-0.3, -0.25) is 9.59 Å². The summed E-state index contributed by atoms with van der Waals surface area (Å²) >= 11 is 0. The number of aromatic nitrogens is 1. The van der Waals surface area contributed by atoms with Crippen LogP contribution in [0.4, 0.5) is 0 Å². The fraction of sp³-hybridized carbons (Fsp3) is 0.600. The molecule has 0 amide bonds. The van der Waals surface area contributed by atoms with Gasteiger partial charge in [0.1, 0.15) is 0 Å². The van der Waals surface area contributed by atoms with Crippen LogP contribution in [-0.4, -0.2) is 47.9 Å². The smallest absolute Gasteiger partial charge is 0.308 e. The average molecular weight is 294 g/mol. The molecule has 0 unspecified atom stereocenters. The van der Waals surface area contributed by atoms with E-state index >= 15 is 0 Å². The summed E-state index contributed by atoms with van der Waals surface area (Å²) in [5.41, 5.74) is 2.31. The van der Waals surface area contributed by atoms with Crippen molar-refractivity contribution in [2.75, 3.05) is 27.3 Å². The highest BCUT2D eigenvalue weighted by molar-refractivity contribution is 5.70. The van der Waals surface area contributed by atoms with Gasteiger partial charge in [0.15, 0.2) is 0 Å². The average Bonchev–Trinajstić information content (AvgIpc) is 2.42. The molecule has 0 bridgehead atoms. The van der Waals surface area contributed by atoms with Gasteiger partial charge < -0.3 is 19.3 Å². The molecule has 0 saturated carbocycles. The number of ether oxygens (including phenoxy) is 1. The van der Waals surface area contributed by atoms with E-state index in [2.05, 4.69) is 4.90 Å². The van der Waals surface area contributed by atoms with E-state index in [9.17, 15) is 9.59 Å². The minimum Gasteiger partial charge on any atom is -0.481 e. The molecule has 116 valence electrons. The minimum atomic E-state index is -0.973. The largest absolute Gasteiger partial charge is 0.481 e. The third kappa shape index (κ3) is 3.71. The van der Waals surface area contributed by atoms with E-state index in [1.54, 1.807) is 17.7 Å². The monoisotopic (exact) mass is 294 g/mol. The summed E-state index contributed by atoms with van der Waals surface area (Å²) in [5, 5.41) is 8.97. The van der Waals surface area contributed by atoms with Gasteiger partial charge in [-0.05, 0) is 25.1 Å². The number of pyridine rings is 1. The van der Waals surface area contributed by atoms with Crippen LogP contribution in [0.15, 0.2) is 10.9 Å². The first-order valence-corrected chi connectivity index (χ1v) is 7.16. The topological polar surface area (TPSA) is 71.8 Å². The Morgan fingerprint density at radius 1 is 1.48 bits per heavy atom. The number of nitrogens with zero attached hydrogens (tertiary/aromatic N) is 2. The van der Waals surface area contributed by atoms with Crippen LogP contribution in [-0.2, 0) is 35.5 Å². The van der Waals surface area contributed by atoms with E-state index in [-0.39, 0.29) is 12.0 Å². The molecule has 6 heteroatoms. The maximum Gasteiger partial charge on any atom is 0.308 e. The first kappa shape index (κ1) is 15.7. The Morgan fingerprint density at radius 3 is 2.90 bits per heavy atom. The van der Waals surface area contributed by atoms with Gasteiger partial charge in [-0.1, -0.05) is 0 Å². The summed E-state index contributed by atoms with van der Waals surface area (Å²) in [6.07, 6.45) is 1.34. The molecule has 0 saturated heterocycles. The molecule has 0 aromatic carbocycles. The fourth-order valence-electron chi connectivity index (χ4n) is 2.82. The molecule has 0 atom stereocenters. The van der Waals surface area contributed by atoms with E-state index in [0.717, 1.165) is 37.2 Å². The minimum absolute atomic E-state index is 0.170. The summed E-state index contributed by atoms with van der Waals surface area (Å²) in [6, 6.07) is 1.77. The summed E-state index contributed by atoms with van der Waals surface area (Å²) in [7, 11) is 3.66. The van der Waals surface area contributed by atoms with Crippen LogP contribution in [0.5, 0.6) is 0 Å².